The van der Waals surface area contributed by atoms with Gasteiger partial charge in [0.2, 0.25) is 5.91 Å². The minimum Gasteiger partial charge on any atom is -0.343 e. The molecule has 1 aromatic carbocycles. The van der Waals surface area contributed by atoms with Gasteiger partial charge in [-0.3, -0.25) is 14.5 Å². The minimum absolute atomic E-state index is 0.0174. The van der Waals surface area contributed by atoms with Gasteiger partial charge >= 0.3 is 0 Å². The van der Waals surface area contributed by atoms with Gasteiger partial charge in [-0.05, 0) is 38.8 Å². The first kappa shape index (κ1) is 17.9. The molecule has 1 heterocycles. The van der Waals surface area contributed by atoms with Crippen LogP contribution >= 0.6 is 0 Å². The summed E-state index contributed by atoms with van der Waals surface area (Å²) in [6, 6.07) is 6.47. The van der Waals surface area contributed by atoms with Gasteiger partial charge < -0.3 is 10.2 Å². The number of piperazine rings is 1. The number of carbonyl (C=O) groups is 2. The van der Waals surface area contributed by atoms with Gasteiger partial charge in [0.1, 0.15) is 0 Å². The highest BCUT2D eigenvalue weighted by molar-refractivity contribution is 5.96. The van der Waals surface area contributed by atoms with Gasteiger partial charge in [-0.1, -0.05) is 30.0 Å². The SMILES string of the molecule is Cc1cc(C)cc(C(=O)NCC(=O)N2CCN(C3CCCC3)CC2)c1. The van der Waals surface area contributed by atoms with E-state index in [-0.39, 0.29) is 18.4 Å². The second-order valence-corrected chi connectivity index (χ2v) is 7.41. The van der Waals surface area contributed by atoms with Crippen molar-refractivity contribution in [3.05, 3.63) is 34.9 Å². The third-order valence-electron chi connectivity index (χ3n) is 5.39. The lowest BCUT2D eigenvalue weighted by Crippen LogP contribution is -2.53. The van der Waals surface area contributed by atoms with Crippen LogP contribution < -0.4 is 5.32 Å². The zero-order valence-electron chi connectivity index (χ0n) is 15.4. The standard InChI is InChI=1S/C20H29N3O2/c1-15-11-16(2)13-17(12-15)20(25)21-14-19(24)23-9-7-22(8-10-23)18-5-3-4-6-18/h11-13,18H,3-10,14H2,1-2H3,(H,21,25). The van der Waals surface area contributed by atoms with Crippen molar-refractivity contribution in [2.45, 2.75) is 45.6 Å². The number of hydrogen-bond donors (Lipinski definition) is 1. The van der Waals surface area contributed by atoms with Crippen LogP contribution in [-0.4, -0.2) is 60.4 Å². The third-order valence-corrected chi connectivity index (χ3v) is 5.39. The Balaban J connectivity index is 1.45. The Morgan fingerprint density at radius 3 is 2.20 bits per heavy atom. The van der Waals surface area contributed by atoms with Gasteiger partial charge in [-0.25, -0.2) is 0 Å². The fourth-order valence-corrected chi connectivity index (χ4v) is 4.08. The number of hydrogen-bond acceptors (Lipinski definition) is 3. The molecule has 1 saturated heterocycles. The number of nitrogens with zero attached hydrogens (tertiary/aromatic N) is 2. The van der Waals surface area contributed by atoms with Crippen molar-refractivity contribution in [2.75, 3.05) is 32.7 Å². The Bertz CT molecular complexity index is 610. The first-order valence-electron chi connectivity index (χ1n) is 9.41. The number of nitrogens with one attached hydrogen (secondary N) is 1. The van der Waals surface area contributed by atoms with Crippen molar-refractivity contribution < 1.29 is 9.59 Å². The lowest BCUT2D eigenvalue weighted by atomic mass is 10.1. The summed E-state index contributed by atoms with van der Waals surface area (Å²) in [5.41, 5.74) is 2.73. The molecule has 0 aromatic heterocycles. The van der Waals surface area contributed by atoms with Crippen LogP contribution in [0.4, 0.5) is 0 Å². The van der Waals surface area contributed by atoms with Crippen LogP contribution in [0.2, 0.25) is 0 Å². The molecule has 0 unspecified atom stereocenters. The summed E-state index contributed by atoms with van der Waals surface area (Å²) in [7, 11) is 0. The molecule has 3 rings (SSSR count). The summed E-state index contributed by atoms with van der Waals surface area (Å²) in [5, 5.41) is 2.77. The van der Waals surface area contributed by atoms with Crippen LogP contribution in [0.25, 0.3) is 0 Å². The van der Waals surface area contributed by atoms with Crippen LogP contribution in [-0.2, 0) is 4.79 Å². The van der Waals surface area contributed by atoms with E-state index >= 15 is 0 Å². The summed E-state index contributed by atoms with van der Waals surface area (Å²) >= 11 is 0. The number of carbonyl (C=O) groups excluding carboxylic acids is 2. The predicted octanol–water partition coefficient (Wildman–Crippen LogP) is 2.12. The second kappa shape index (κ2) is 8.00. The van der Waals surface area contributed by atoms with E-state index in [2.05, 4.69) is 10.2 Å². The normalized spacial score (nSPS) is 19.2. The molecule has 1 aliphatic carbocycles. The first-order chi connectivity index (χ1) is 12.0. The fraction of sp³-hybridized carbons (Fsp3) is 0.600. The number of aryl methyl sites for hydroxylation is 2. The molecular formula is C20H29N3O2. The molecule has 2 fully saturated rings. The van der Waals surface area contributed by atoms with Crippen LogP contribution in [0.1, 0.15) is 47.2 Å². The van der Waals surface area contributed by atoms with Gasteiger partial charge in [-0.15, -0.1) is 0 Å². The molecule has 136 valence electrons. The maximum atomic E-state index is 12.4. The van der Waals surface area contributed by atoms with Crippen LogP contribution in [0.15, 0.2) is 18.2 Å². The molecule has 5 heteroatoms. The smallest absolute Gasteiger partial charge is 0.251 e. The molecular weight excluding hydrogens is 314 g/mol. The number of rotatable bonds is 4. The van der Waals surface area contributed by atoms with Gasteiger partial charge in [0.15, 0.2) is 0 Å². The molecule has 2 amide bonds. The van der Waals surface area contributed by atoms with Gasteiger partial charge in [0.25, 0.3) is 5.91 Å². The average Bonchev–Trinajstić information content (AvgIpc) is 3.13. The van der Waals surface area contributed by atoms with E-state index < -0.39 is 0 Å². The second-order valence-electron chi connectivity index (χ2n) is 7.41. The van der Waals surface area contributed by atoms with Crippen molar-refractivity contribution in [1.29, 1.82) is 0 Å². The molecule has 1 N–H and O–H groups in total. The Morgan fingerprint density at radius 1 is 1.00 bits per heavy atom. The Hall–Kier alpha value is -1.88. The highest BCUT2D eigenvalue weighted by Gasteiger charge is 2.27. The van der Waals surface area contributed by atoms with E-state index in [0.717, 1.165) is 43.3 Å². The number of amides is 2. The molecule has 25 heavy (non-hydrogen) atoms. The van der Waals surface area contributed by atoms with E-state index in [9.17, 15) is 9.59 Å². The van der Waals surface area contributed by atoms with Crippen molar-refractivity contribution in [3.63, 3.8) is 0 Å². The highest BCUT2D eigenvalue weighted by atomic mass is 16.2. The van der Waals surface area contributed by atoms with Crippen molar-refractivity contribution in [1.82, 2.24) is 15.1 Å². The van der Waals surface area contributed by atoms with Crippen LogP contribution in [0, 0.1) is 13.8 Å². The molecule has 2 aliphatic rings. The molecule has 0 radical (unpaired) electrons. The van der Waals surface area contributed by atoms with E-state index in [1.54, 1.807) is 0 Å². The summed E-state index contributed by atoms with van der Waals surface area (Å²) in [6.45, 7) is 7.49. The van der Waals surface area contributed by atoms with E-state index in [0.29, 0.717) is 5.56 Å². The van der Waals surface area contributed by atoms with Crippen molar-refractivity contribution in [3.8, 4) is 0 Å². The molecule has 1 aliphatic heterocycles. The van der Waals surface area contributed by atoms with E-state index in [1.165, 1.54) is 25.7 Å². The molecule has 0 atom stereocenters. The molecule has 1 saturated carbocycles. The van der Waals surface area contributed by atoms with Gasteiger partial charge in [0, 0.05) is 37.8 Å². The lowest BCUT2D eigenvalue weighted by molar-refractivity contribution is -0.132. The summed E-state index contributed by atoms with van der Waals surface area (Å²) in [5.74, 6) is -0.159. The third kappa shape index (κ3) is 4.60. The zero-order chi connectivity index (χ0) is 17.8. The Kier molecular flexibility index (Phi) is 5.74. The zero-order valence-corrected chi connectivity index (χ0v) is 15.4. The lowest BCUT2D eigenvalue weighted by Gasteiger charge is -2.38. The molecule has 5 nitrogen and oxygen atoms in total. The summed E-state index contributed by atoms with van der Waals surface area (Å²) in [6.07, 6.45) is 5.29. The summed E-state index contributed by atoms with van der Waals surface area (Å²) < 4.78 is 0. The summed E-state index contributed by atoms with van der Waals surface area (Å²) in [4.78, 5) is 29.1. The fourth-order valence-electron chi connectivity index (χ4n) is 4.08. The maximum Gasteiger partial charge on any atom is 0.251 e. The minimum atomic E-state index is -0.176. The first-order valence-corrected chi connectivity index (χ1v) is 9.41. The largest absolute Gasteiger partial charge is 0.343 e. The van der Waals surface area contributed by atoms with Crippen molar-refractivity contribution in [2.24, 2.45) is 0 Å². The molecule has 0 spiro atoms. The van der Waals surface area contributed by atoms with Crippen LogP contribution in [0.3, 0.4) is 0 Å². The Morgan fingerprint density at radius 2 is 1.60 bits per heavy atom. The van der Waals surface area contributed by atoms with Gasteiger partial charge in [0.05, 0.1) is 6.54 Å². The van der Waals surface area contributed by atoms with E-state index in [4.69, 9.17) is 0 Å². The van der Waals surface area contributed by atoms with E-state index in [1.807, 2.05) is 36.9 Å². The maximum absolute atomic E-state index is 12.4. The molecule has 0 bridgehead atoms. The van der Waals surface area contributed by atoms with Crippen LogP contribution in [0.5, 0.6) is 0 Å². The van der Waals surface area contributed by atoms with Crippen molar-refractivity contribution >= 4 is 11.8 Å². The Labute approximate surface area is 150 Å². The highest BCUT2D eigenvalue weighted by Crippen LogP contribution is 2.24. The van der Waals surface area contributed by atoms with Gasteiger partial charge in [-0.2, -0.15) is 0 Å². The monoisotopic (exact) mass is 343 g/mol. The average molecular weight is 343 g/mol. The predicted molar refractivity (Wildman–Crippen MR) is 98.7 cm³/mol. The number of benzene rings is 1. The molecule has 1 aromatic rings. The topological polar surface area (TPSA) is 52.7 Å². The quantitative estimate of drug-likeness (QED) is 0.911.